The van der Waals surface area contributed by atoms with Gasteiger partial charge in [0.25, 0.3) is 0 Å². The Bertz CT molecular complexity index is 214. The molecule has 0 aromatic heterocycles. The summed E-state index contributed by atoms with van der Waals surface area (Å²) in [5.41, 5.74) is -0.654. The number of unbranched alkanes of at least 4 members (excludes halogenated alkanes) is 3. The Labute approximate surface area is 92.5 Å². The van der Waals surface area contributed by atoms with Crippen LogP contribution in [0.15, 0.2) is 0 Å². The van der Waals surface area contributed by atoms with Gasteiger partial charge in [0, 0.05) is 19.5 Å². The third kappa shape index (κ3) is 4.20. The molecule has 1 aliphatic rings. The van der Waals surface area contributed by atoms with Crippen molar-refractivity contribution in [3.05, 3.63) is 0 Å². The van der Waals surface area contributed by atoms with Gasteiger partial charge in [0.1, 0.15) is 0 Å². The Morgan fingerprint density at radius 1 is 1.40 bits per heavy atom. The number of likely N-dealkylation sites (tertiary alicyclic amines) is 1. The second kappa shape index (κ2) is 5.50. The number of nitrogens with zero attached hydrogens (tertiary/aromatic N) is 1. The molecule has 1 saturated heterocycles. The second-order valence-corrected chi connectivity index (χ2v) is 4.87. The van der Waals surface area contributed by atoms with E-state index in [9.17, 15) is 9.90 Å². The van der Waals surface area contributed by atoms with E-state index in [2.05, 4.69) is 6.92 Å². The fraction of sp³-hybridized carbons (Fsp3) is 0.917. The number of β-amino-alcohol motifs (C(OH)–C–C–N with tert-alkyl or cyclic N) is 1. The average molecular weight is 213 g/mol. The van der Waals surface area contributed by atoms with Gasteiger partial charge in [-0.05, 0) is 19.8 Å². The molecule has 0 aromatic carbocycles. The van der Waals surface area contributed by atoms with E-state index in [1.807, 2.05) is 0 Å². The van der Waals surface area contributed by atoms with Gasteiger partial charge < -0.3 is 10.0 Å². The Morgan fingerprint density at radius 3 is 2.67 bits per heavy atom. The van der Waals surface area contributed by atoms with Gasteiger partial charge in [-0.2, -0.15) is 0 Å². The van der Waals surface area contributed by atoms with Crippen molar-refractivity contribution >= 4 is 5.91 Å². The van der Waals surface area contributed by atoms with Crippen LogP contribution >= 0.6 is 0 Å². The van der Waals surface area contributed by atoms with Crippen LogP contribution in [0, 0.1) is 0 Å². The maximum atomic E-state index is 11.7. The van der Waals surface area contributed by atoms with E-state index in [1.54, 1.807) is 11.8 Å². The lowest BCUT2D eigenvalue weighted by molar-refractivity contribution is -0.131. The number of rotatable bonds is 5. The Balaban J connectivity index is 2.18. The van der Waals surface area contributed by atoms with Gasteiger partial charge in [-0.25, -0.2) is 0 Å². The molecule has 0 saturated carbocycles. The molecule has 1 atom stereocenters. The second-order valence-electron chi connectivity index (χ2n) is 4.87. The van der Waals surface area contributed by atoms with E-state index in [1.165, 1.54) is 12.8 Å². The average Bonchev–Trinajstić information content (AvgIpc) is 2.53. The number of hydrogen-bond donors (Lipinski definition) is 1. The van der Waals surface area contributed by atoms with Crippen LogP contribution < -0.4 is 0 Å². The largest absolute Gasteiger partial charge is 0.388 e. The zero-order valence-electron chi connectivity index (χ0n) is 9.96. The quantitative estimate of drug-likeness (QED) is 0.709. The van der Waals surface area contributed by atoms with E-state index in [0.717, 1.165) is 19.4 Å². The van der Waals surface area contributed by atoms with Crippen molar-refractivity contribution in [2.75, 3.05) is 13.1 Å². The minimum atomic E-state index is -0.654. The molecular formula is C12H23NO2. The third-order valence-electron chi connectivity index (χ3n) is 3.05. The van der Waals surface area contributed by atoms with Crippen molar-refractivity contribution in [2.24, 2.45) is 0 Å². The van der Waals surface area contributed by atoms with Crippen molar-refractivity contribution < 1.29 is 9.90 Å². The van der Waals surface area contributed by atoms with Crippen LogP contribution in [0.3, 0.4) is 0 Å². The van der Waals surface area contributed by atoms with Crippen molar-refractivity contribution in [2.45, 2.75) is 58.0 Å². The topological polar surface area (TPSA) is 40.5 Å². The van der Waals surface area contributed by atoms with E-state index in [4.69, 9.17) is 0 Å². The number of carbonyl (C=O) groups is 1. The van der Waals surface area contributed by atoms with Crippen LogP contribution in [0.2, 0.25) is 0 Å². The lowest BCUT2D eigenvalue weighted by atomic mass is 10.1. The predicted octanol–water partition coefficient (Wildman–Crippen LogP) is 1.94. The lowest BCUT2D eigenvalue weighted by Gasteiger charge is -2.18. The zero-order valence-corrected chi connectivity index (χ0v) is 9.96. The van der Waals surface area contributed by atoms with E-state index in [0.29, 0.717) is 19.4 Å². The summed E-state index contributed by atoms with van der Waals surface area (Å²) < 4.78 is 0. The van der Waals surface area contributed by atoms with Gasteiger partial charge in [0.05, 0.1) is 5.60 Å². The first kappa shape index (κ1) is 12.5. The zero-order chi connectivity index (χ0) is 11.3. The maximum Gasteiger partial charge on any atom is 0.222 e. The molecule has 0 aromatic rings. The molecular weight excluding hydrogens is 190 g/mol. The van der Waals surface area contributed by atoms with Crippen molar-refractivity contribution in [3.63, 3.8) is 0 Å². The van der Waals surface area contributed by atoms with Gasteiger partial charge >= 0.3 is 0 Å². The number of amides is 1. The number of hydrogen-bond acceptors (Lipinski definition) is 2. The summed E-state index contributed by atoms with van der Waals surface area (Å²) in [5, 5.41) is 9.73. The predicted molar refractivity (Wildman–Crippen MR) is 60.6 cm³/mol. The molecule has 1 fully saturated rings. The van der Waals surface area contributed by atoms with Crippen LogP contribution in [0.4, 0.5) is 0 Å². The molecule has 1 N–H and O–H groups in total. The molecule has 0 aliphatic carbocycles. The summed E-state index contributed by atoms with van der Waals surface area (Å²) in [6, 6.07) is 0. The first-order valence-electron chi connectivity index (χ1n) is 6.05. The van der Waals surface area contributed by atoms with E-state index < -0.39 is 5.60 Å². The molecule has 3 heteroatoms. The summed E-state index contributed by atoms with van der Waals surface area (Å²) in [4.78, 5) is 13.5. The molecule has 3 nitrogen and oxygen atoms in total. The highest BCUT2D eigenvalue weighted by Gasteiger charge is 2.33. The monoisotopic (exact) mass is 213 g/mol. The molecule has 0 radical (unpaired) electrons. The summed E-state index contributed by atoms with van der Waals surface area (Å²) >= 11 is 0. The Kier molecular flexibility index (Phi) is 4.58. The van der Waals surface area contributed by atoms with Crippen molar-refractivity contribution in [1.29, 1.82) is 0 Å². The molecule has 1 amide bonds. The van der Waals surface area contributed by atoms with Crippen LogP contribution in [-0.4, -0.2) is 34.6 Å². The fourth-order valence-corrected chi connectivity index (χ4v) is 2.02. The standard InChI is InChI=1S/C12H23NO2/c1-3-4-5-6-7-11(14)13-9-8-12(2,15)10-13/h15H,3-10H2,1-2H3. The third-order valence-corrected chi connectivity index (χ3v) is 3.05. The van der Waals surface area contributed by atoms with Gasteiger partial charge in [-0.15, -0.1) is 0 Å². The minimum absolute atomic E-state index is 0.212. The van der Waals surface area contributed by atoms with E-state index in [-0.39, 0.29) is 5.91 Å². The molecule has 88 valence electrons. The van der Waals surface area contributed by atoms with Crippen LogP contribution in [0.25, 0.3) is 0 Å². The summed E-state index contributed by atoms with van der Waals surface area (Å²) in [5.74, 6) is 0.212. The molecule has 1 heterocycles. The number of aliphatic hydroxyl groups is 1. The highest BCUT2D eigenvalue weighted by Crippen LogP contribution is 2.21. The molecule has 1 unspecified atom stereocenters. The molecule has 0 spiro atoms. The van der Waals surface area contributed by atoms with Gasteiger partial charge in [0.15, 0.2) is 0 Å². The fourth-order valence-electron chi connectivity index (χ4n) is 2.02. The Hall–Kier alpha value is -0.570. The molecule has 1 rings (SSSR count). The smallest absolute Gasteiger partial charge is 0.222 e. The van der Waals surface area contributed by atoms with Crippen molar-refractivity contribution in [1.82, 2.24) is 4.90 Å². The minimum Gasteiger partial charge on any atom is -0.388 e. The highest BCUT2D eigenvalue weighted by atomic mass is 16.3. The Morgan fingerprint density at radius 2 is 2.13 bits per heavy atom. The van der Waals surface area contributed by atoms with Gasteiger partial charge in [0.2, 0.25) is 5.91 Å². The first-order valence-corrected chi connectivity index (χ1v) is 6.05. The first-order chi connectivity index (χ1) is 7.05. The molecule has 1 aliphatic heterocycles. The summed E-state index contributed by atoms with van der Waals surface area (Å²) in [7, 11) is 0. The summed E-state index contributed by atoms with van der Waals surface area (Å²) in [6.45, 7) is 5.20. The summed E-state index contributed by atoms with van der Waals surface area (Å²) in [6.07, 6.45) is 5.92. The molecule has 15 heavy (non-hydrogen) atoms. The van der Waals surface area contributed by atoms with Crippen LogP contribution in [0.5, 0.6) is 0 Å². The van der Waals surface area contributed by atoms with Crippen molar-refractivity contribution in [3.8, 4) is 0 Å². The number of carbonyl (C=O) groups excluding carboxylic acids is 1. The highest BCUT2D eigenvalue weighted by molar-refractivity contribution is 5.76. The van der Waals surface area contributed by atoms with E-state index >= 15 is 0 Å². The molecule has 0 bridgehead atoms. The van der Waals surface area contributed by atoms with Gasteiger partial charge in [-0.1, -0.05) is 26.2 Å². The maximum absolute atomic E-state index is 11.7. The normalized spacial score (nSPS) is 25.9. The SMILES string of the molecule is CCCCCCC(=O)N1CCC(C)(O)C1. The lowest BCUT2D eigenvalue weighted by Crippen LogP contribution is -2.33. The van der Waals surface area contributed by atoms with Crippen LogP contribution in [0.1, 0.15) is 52.4 Å². The van der Waals surface area contributed by atoms with Crippen LogP contribution in [-0.2, 0) is 4.79 Å². The van der Waals surface area contributed by atoms with Gasteiger partial charge in [-0.3, -0.25) is 4.79 Å².